The number of fused-ring (bicyclic) bond motifs is 4. The van der Waals surface area contributed by atoms with Crippen LogP contribution in [0.4, 0.5) is 11.4 Å². The second-order valence-corrected chi connectivity index (χ2v) is 10.4. The van der Waals surface area contributed by atoms with Gasteiger partial charge in [-0.15, -0.1) is 0 Å². The fourth-order valence-electron chi connectivity index (χ4n) is 5.49. The summed E-state index contributed by atoms with van der Waals surface area (Å²) < 4.78 is 0. The van der Waals surface area contributed by atoms with Crippen molar-refractivity contribution in [3.05, 3.63) is 83.0 Å². The molecular formula is C31H32ClN5. The molecule has 2 N–H and O–H groups in total. The smallest absolute Gasteiger partial charge is 0.0741 e. The fourth-order valence-corrected chi connectivity index (χ4v) is 5.65. The Kier molecular flexibility index (Phi) is 6.81. The van der Waals surface area contributed by atoms with Gasteiger partial charge in [0.1, 0.15) is 0 Å². The quantitative estimate of drug-likeness (QED) is 0.222. The molecular weight excluding hydrogens is 478 g/mol. The highest BCUT2D eigenvalue weighted by atomic mass is 35.5. The summed E-state index contributed by atoms with van der Waals surface area (Å²) in [4.78, 5) is 12.2. The molecule has 0 spiro atoms. The van der Waals surface area contributed by atoms with Gasteiger partial charge in [-0.25, -0.2) is 4.98 Å². The van der Waals surface area contributed by atoms with Gasteiger partial charge in [-0.3, -0.25) is 4.98 Å². The Morgan fingerprint density at radius 3 is 2.08 bits per heavy atom. The summed E-state index contributed by atoms with van der Waals surface area (Å²) in [6, 6.07) is 22.8. The lowest BCUT2D eigenvalue weighted by molar-refractivity contribution is 0.361. The van der Waals surface area contributed by atoms with Gasteiger partial charge >= 0.3 is 0 Å². The van der Waals surface area contributed by atoms with E-state index < -0.39 is 0 Å². The van der Waals surface area contributed by atoms with Gasteiger partial charge in [0.2, 0.25) is 0 Å². The molecule has 1 aliphatic rings. The first kappa shape index (κ1) is 24.0. The number of hydrogen-bond acceptors (Lipinski definition) is 5. The molecule has 0 fully saturated rings. The molecule has 37 heavy (non-hydrogen) atoms. The topological polar surface area (TPSA) is 53.1 Å². The summed E-state index contributed by atoms with van der Waals surface area (Å²) in [6.07, 6.45) is 4.59. The maximum Gasteiger partial charge on any atom is 0.0741 e. The molecule has 0 unspecified atom stereocenters. The van der Waals surface area contributed by atoms with Crippen LogP contribution in [-0.4, -0.2) is 48.1 Å². The third-order valence-electron chi connectivity index (χ3n) is 7.40. The van der Waals surface area contributed by atoms with Crippen molar-refractivity contribution in [1.29, 1.82) is 0 Å². The van der Waals surface area contributed by atoms with Crippen LogP contribution in [0.1, 0.15) is 24.1 Å². The third-order valence-corrected chi connectivity index (χ3v) is 7.64. The average Bonchev–Trinajstić information content (AvgIpc) is 2.92. The zero-order valence-corrected chi connectivity index (χ0v) is 22.0. The molecule has 1 aliphatic carbocycles. The largest absolute Gasteiger partial charge is 0.383 e. The van der Waals surface area contributed by atoms with Crippen molar-refractivity contribution in [2.24, 2.45) is 0 Å². The summed E-state index contributed by atoms with van der Waals surface area (Å²) in [5.41, 5.74) is 8.08. The number of nitrogens with zero attached hydrogens (tertiary/aromatic N) is 3. The minimum absolute atomic E-state index is 0.740. The highest BCUT2D eigenvalue weighted by molar-refractivity contribution is 6.31. The minimum atomic E-state index is 0.740. The number of likely N-dealkylation sites (N-methyl/N-ethyl adjacent to an activating group) is 1. The number of aryl methyl sites for hydroxylation is 1. The number of pyridine rings is 2. The first-order valence-electron chi connectivity index (χ1n) is 13.2. The van der Waals surface area contributed by atoms with E-state index >= 15 is 0 Å². The maximum absolute atomic E-state index is 6.28. The van der Waals surface area contributed by atoms with Gasteiger partial charge < -0.3 is 15.5 Å². The summed E-state index contributed by atoms with van der Waals surface area (Å²) in [6.45, 7) is 3.63. The van der Waals surface area contributed by atoms with Crippen molar-refractivity contribution in [3.63, 3.8) is 0 Å². The Morgan fingerprint density at radius 2 is 1.35 bits per heavy atom. The molecule has 5 nitrogen and oxygen atoms in total. The van der Waals surface area contributed by atoms with Crippen LogP contribution in [0.2, 0.25) is 5.02 Å². The molecule has 0 atom stereocenters. The number of para-hydroxylation sites is 2. The molecule has 0 saturated carbocycles. The summed E-state index contributed by atoms with van der Waals surface area (Å²) in [7, 11) is 2.19. The Morgan fingerprint density at radius 1 is 0.730 bits per heavy atom. The maximum atomic E-state index is 6.28. The van der Waals surface area contributed by atoms with Gasteiger partial charge in [0, 0.05) is 58.7 Å². The standard InChI is InChI=1S/C31H32ClN5/c1-37(18-16-33-30-22-8-2-5-11-26(22)35-27-12-6-3-9-23(27)30)19-17-34-31-24-10-4-7-13-28(24)36-29-20-21(32)14-15-25(29)31/h2-3,5-6,8-9,11-12,14-15,20H,4,7,10,13,16-19H2,1H3,(H,33,35)(H,34,36). The van der Waals surface area contributed by atoms with E-state index in [1.54, 1.807) is 0 Å². The molecule has 188 valence electrons. The van der Waals surface area contributed by atoms with Gasteiger partial charge in [0.25, 0.3) is 0 Å². The van der Waals surface area contributed by atoms with Gasteiger partial charge in [0.15, 0.2) is 0 Å². The lowest BCUT2D eigenvalue weighted by Gasteiger charge is -2.23. The number of benzene rings is 3. The van der Waals surface area contributed by atoms with Crippen LogP contribution < -0.4 is 10.6 Å². The Bertz CT molecular complexity index is 1530. The van der Waals surface area contributed by atoms with E-state index in [-0.39, 0.29) is 0 Å². The highest BCUT2D eigenvalue weighted by Crippen LogP contribution is 2.34. The van der Waals surface area contributed by atoms with Crippen LogP contribution in [0.25, 0.3) is 32.7 Å². The van der Waals surface area contributed by atoms with Crippen molar-refractivity contribution in [3.8, 4) is 0 Å². The molecule has 3 aromatic carbocycles. The summed E-state index contributed by atoms with van der Waals surface area (Å²) in [5.74, 6) is 0. The fraction of sp³-hybridized carbons (Fsp3) is 0.290. The predicted octanol–water partition coefficient (Wildman–Crippen LogP) is 6.92. The monoisotopic (exact) mass is 509 g/mol. The van der Waals surface area contributed by atoms with E-state index in [1.807, 2.05) is 24.3 Å². The van der Waals surface area contributed by atoms with Gasteiger partial charge in [-0.05, 0) is 68.6 Å². The van der Waals surface area contributed by atoms with E-state index in [9.17, 15) is 0 Å². The second-order valence-electron chi connectivity index (χ2n) is 9.96. The zero-order chi connectivity index (χ0) is 25.2. The molecule has 5 aromatic rings. The van der Waals surface area contributed by atoms with Crippen molar-refractivity contribution in [2.75, 3.05) is 43.9 Å². The number of hydrogen-bond donors (Lipinski definition) is 2. The average molecular weight is 510 g/mol. The Balaban J connectivity index is 1.12. The Hall–Kier alpha value is -3.41. The van der Waals surface area contributed by atoms with Gasteiger partial charge in [0.05, 0.1) is 22.2 Å². The Labute approximate surface area is 222 Å². The molecule has 0 bridgehead atoms. The van der Waals surface area contributed by atoms with Crippen molar-refractivity contribution >= 4 is 55.7 Å². The molecule has 0 aliphatic heterocycles. The number of halogens is 1. The molecule has 2 aromatic heterocycles. The van der Waals surface area contributed by atoms with E-state index in [0.717, 1.165) is 60.6 Å². The van der Waals surface area contributed by atoms with E-state index in [2.05, 4.69) is 65.0 Å². The molecule has 0 amide bonds. The molecule has 6 heteroatoms. The van der Waals surface area contributed by atoms with Crippen LogP contribution in [-0.2, 0) is 12.8 Å². The molecule has 6 rings (SSSR count). The van der Waals surface area contributed by atoms with Crippen LogP contribution in [0, 0.1) is 0 Å². The lowest BCUT2D eigenvalue weighted by Crippen LogP contribution is -2.30. The number of nitrogens with one attached hydrogen (secondary N) is 2. The van der Waals surface area contributed by atoms with E-state index in [4.69, 9.17) is 21.6 Å². The second kappa shape index (κ2) is 10.5. The normalized spacial score (nSPS) is 13.4. The predicted molar refractivity (Wildman–Crippen MR) is 157 cm³/mol. The van der Waals surface area contributed by atoms with Crippen molar-refractivity contribution in [2.45, 2.75) is 25.7 Å². The first-order chi connectivity index (χ1) is 18.2. The minimum Gasteiger partial charge on any atom is -0.383 e. The van der Waals surface area contributed by atoms with Crippen molar-refractivity contribution in [1.82, 2.24) is 14.9 Å². The number of rotatable bonds is 8. The lowest BCUT2D eigenvalue weighted by atomic mass is 9.92. The zero-order valence-electron chi connectivity index (χ0n) is 21.2. The van der Waals surface area contributed by atoms with Crippen LogP contribution in [0.5, 0.6) is 0 Å². The SMILES string of the molecule is CN(CCNc1c2c(nc3cc(Cl)ccc13)CCCC2)CCNc1c2ccccc2nc2ccccc12. The summed E-state index contributed by atoms with van der Waals surface area (Å²) in [5, 5.41) is 11.7. The molecule has 0 saturated heterocycles. The van der Waals surface area contributed by atoms with Gasteiger partial charge in [-0.2, -0.15) is 0 Å². The first-order valence-corrected chi connectivity index (χ1v) is 13.6. The summed E-state index contributed by atoms with van der Waals surface area (Å²) >= 11 is 6.28. The molecule has 2 heterocycles. The third kappa shape index (κ3) is 4.94. The van der Waals surface area contributed by atoms with Crippen molar-refractivity contribution < 1.29 is 0 Å². The van der Waals surface area contributed by atoms with Crippen LogP contribution in [0.3, 0.4) is 0 Å². The van der Waals surface area contributed by atoms with Crippen LogP contribution >= 0.6 is 11.6 Å². The highest BCUT2D eigenvalue weighted by Gasteiger charge is 2.18. The number of anilines is 2. The van der Waals surface area contributed by atoms with Crippen LogP contribution in [0.15, 0.2) is 66.7 Å². The molecule has 0 radical (unpaired) electrons. The van der Waals surface area contributed by atoms with E-state index in [0.29, 0.717) is 0 Å². The van der Waals surface area contributed by atoms with E-state index in [1.165, 1.54) is 51.6 Å². The van der Waals surface area contributed by atoms with Gasteiger partial charge in [-0.1, -0.05) is 48.0 Å². The number of aromatic nitrogens is 2.